The monoisotopic (exact) mass is 389 g/mol. The predicted octanol–water partition coefficient (Wildman–Crippen LogP) is 3.96. The number of benzene rings is 2. The molecule has 1 aliphatic rings. The molecule has 0 atom stereocenters. The first-order chi connectivity index (χ1) is 14.1. The highest BCUT2D eigenvalue weighted by atomic mass is 16.5. The van der Waals surface area contributed by atoms with Crippen LogP contribution < -0.4 is 15.0 Å². The number of nitrogens with zero attached hydrogens (tertiary/aromatic N) is 4. The minimum atomic E-state index is 0.719. The van der Waals surface area contributed by atoms with Crippen molar-refractivity contribution in [1.82, 2.24) is 14.9 Å². The molecule has 2 heterocycles. The molecule has 6 heteroatoms. The molecule has 3 aromatic rings. The van der Waals surface area contributed by atoms with Gasteiger partial charge in [0.05, 0.1) is 12.8 Å². The van der Waals surface area contributed by atoms with E-state index >= 15 is 0 Å². The second-order valence-electron chi connectivity index (χ2n) is 7.42. The second-order valence-corrected chi connectivity index (χ2v) is 7.42. The molecular weight excluding hydrogens is 362 g/mol. The van der Waals surface area contributed by atoms with Gasteiger partial charge in [-0.3, -0.25) is 0 Å². The fourth-order valence-corrected chi connectivity index (χ4v) is 3.47. The number of hydrogen-bond donors (Lipinski definition) is 1. The van der Waals surface area contributed by atoms with Crippen molar-refractivity contribution in [2.45, 2.75) is 6.92 Å². The third-order valence-corrected chi connectivity index (χ3v) is 5.19. The average molecular weight is 390 g/mol. The summed E-state index contributed by atoms with van der Waals surface area (Å²) in [5.74, 6) is 3.21. The number of piperazine rings is 1. The van der Waals surface area contributed by atoms with E-state index in [9.17, 15) is 0 Å². The van der Waals surface area contributed by atoms with E-state index < -0.39 is 0 Å². The molecule has 0 unspecified atom stereocenters. The summed E-state index contributed by atoms with van der Waals surface area (Å²) in [7, 11) is 3.84. The second kappa shape index (κ2) is 8.49. The van der Waals surface area contributed by atoms with Gasteiger partial charge in [0.1, 0.15) is 17.4 Å². The van der Waals surface area contributed by atoms with Gasteiger partial charge < -0.3 is 19.9 Å². The minimum absolute atomic E-state index is 0.719. The molecule has 6 nitrogen and oxygen atoms in total. The zero-order chi connectivity index (χ0) is 20.2. The molecule has 1 N–H and O–H groups in total. The number of anilines is 3. The molecule has 4 rings (SSSR count). The molecular formula is C23H27N5O. The summed E-state index contributed by atoms with van der Waals surface area (Å²) in [6.45, 7) is 6.03. The molecule has 29 heavy (non-hydrogen) atoms. The van der Waals surface area contributed by atoms with Crippen LogP contribution in [-0.2, 0) is 0 Å². The van der Waals surface area contributed by atoms with Crippen LogP contribution in [0.4, 0.5) is 17.3 Å². The van der Waals surface area contributed by atoms with Crippen molar-refractivity contribution in [3.8, 4) is 17.1 Å². The fraction of sp³-hybridized carbons (Fsp3) is 0.304. The quantitative estimate of drug-likeness (QED) is 0.713. The Balaban J connectivity index is 1.73. The number of methoxy groups -OCH3 is 1. The molecule has 1 fully saturated rings. The molecule has 1 saturated heterocycles. The van der Waals surface area contributed by atoms with Gasteiger partial charge in [-0.1, -0.05) is 36.4 Å². The number of rotatable bonds is 5. The first-order valence-electron chi connectivity index (χ1n) is 9.92. The van der Waals surface area contributed by atoms with Gasteiger partial charge in [0, 0.05) is 37.8 Å². The Bertz CT molecular complexity index is 968. The number of ether oxygens (including phenoxy) is 1. The molecule has 1 aliphatic heterocycles. The highest BCUT2D eigenvalue weighted by molar-refractivity contribution is 5.69. The van der Waals surface area contributed by atoms with Crippen LogP contribution in [0.5, 0.6) is 5.75 Å². The van der Waals surface area contributed by atoms with Crippen molar-refractivity contribution < 1.29 is 4.74 Å². The summed E-state index contributed by atoms with van der Waals surface area (Å²) < 4.78 is 5.52. The lowest BCUT2D eigenvalue weighted by molar-refractivity contribution is 0.312. The van der Waals surface area contributed by atoms with Gasteiger partial charge in [0.25, 0.3) is 0 Å². The molecule has 0 saturated carbocycles. The van der Waals surface area contributed by atoms with Crippen LogP contribution in [0.1, 0.15) is 5.56 Å². The highest BCUT2D eigenvalue weighted by Crippen LogP contribution is 2.30. The number of hydrogen-bond acceptors (Lipinski definition) is 6. The van der Waals surface area contributed by atoms with E-state index in [1.807, 2.05) is 48.5 Å². The third kappa shape index (κ3) is 4.49. The molecule has 0 bridgehead atoms. The summed E-state index contributed by atoms with van der Waals surface area (Å²) in [5.41, 5.74) is 3.06. The first-order valence-corrected chi connectivity index (χ1v) is 9.92. The van der Waals surface area contributed by atoms with Gasteiger partial charge in [-0.15, -0.1) is 0 Å². The van der Waals surface area contributed by atoms with Gasteiger partial charge in [0.15, 0.2) is 5.82 Å². The van der Waals surface area contributed by atoms with E-state index in [2.05, 4.69) is 35.2 Å². The Morgan fingerprint density at radius 1 is 0.931 bits per heavy atom. The molecule has 150 valence electrons. The maximum absolute atomic E-state index is 5.52. The van der Waals surface area contributed by atoms with Crippen LogP contribution in [0.2, 0.25) is 0 Å². The van der Waals surface area contributed by atoms with E-state index in [4.69, 9.17) is 14.7 Å². The van der Waals surface area contributed by atoms with Crippen molar-refractivity contribution in [2.75, 3.05) is 50.6 Å². The Morgan fingerprint density at radius 2 is 1.69 bits per heavy atom. The van der Waals surface area contributed by atoms with E-state index in [0.717, 1.165) is 66.2 Å². The highest BCUT2D eigenvalue weighted by Gasteiger charge is 2.18. The summed E-state index contributed by atoms with van der Waals surface area (Å²) >= 11 is 0. The lowest BCUT2D eigenvalue weighted by atomic mass is 10.2. The van der Waals surface area contributed by atoms with Crippen molar-refractivity contribution in [1.29, 1.82) is 0 Å². The zero-order valence-electron chi connectivity index (χ0n) is 17.2. The molecule has 0 aliphatic carbocycles. The summed E-state index contributed by atoms with van der Waals surface area (Å²) in [6, 6.07) is 18.2. The largest absolute Gasteiger partial charge is 0.495 e. The lowest BCUT2D eigenvalue weighted by Crippen LogP contribution is -2.44. The topological polar surface area (TPSA) is 53.5 Å². The summed E-state index contributed by atoms with van der Waals surface area (Å²) in [5, 5.41) is 3.45. The number of likely N-dealkylation sites (N-methyl/N-ethyl adjacent to an activating group) is 1. The Kier molecular flexibility index (Phi) is 5.62. The van der Waals surface area contributed by atoms with Gasteiger partial charge in [0.2, 0.25) is 0 Å². The Hall–Kier alpha value is -3.12. The van der Waals surface area contributed by atoms with Crippen LogP contribution in [-0.4, -0.2) is 55.2 Å². The van der Waals surface area contributed by atoms with E-state index in [1.54, 1.807) is 7.11 Å². The van der Waals surface area contributed by atoms with Gasteiger partial charge >= 0.3 is 0 Å². The SMILES string of the molecule is COc1ccc(C)cc1Nc1cc(N2CCN(C)CC2)nc(-c2ccccc2)n1. The molecule has 0 amide bonds. The van der Waals surface area contributed by atoms with E-state index in [1.165, 1.54) is 0 Å². The van der Waals surface area contributed by atoms with Crippen molar-refractivity contribution in [2.24, 2.45) is 0 Å². The van der Waals surface area contributed by atoms with Crippen LogP contribution in [0, 0.1) is 6.92 Å². The minimum Gasteiger partial charge on any atom is -0.495 e. The van der Waals surface area contributed by atoms with Crippen LogP contribution in [0.3, 0.4) is 0 Å². The summed E-state index contributed by atoms with van der Waals surface area (Å²) in [4.78, 5) is 14.3. The van der Waals surface area contributed by atoms with Crippen molar-refractivity contribution in [3.63, 3.8) is 0 Å². The predicted molar refractivity (Wildman–Crippen MR) is 118 cm³/mol. The van der Waals surface area contributed by atoms with Gasteiger partial charge in [-0.25, -0.2) is 9.97 Å². The number of nitrogens with one attached hydrogen (secondary N) is 1. The first kappa shape index (κ1) is 19.2. The Morgan fingerprint density at radius 3 is 2.41 bits per heavy atom. The van der Waals surface area contributed by atoms with Crippen LogP contribution in [0.25, 0.3) is 11.4 Å². The third-order valence-electron chi connectivity index (χ3n) is 5.19. The normalized spacial score (nSPS) is 14.7. The van der Waals surface area contributed by atoms with Crippen molar-refractivity contribution >= 4 is 17.3 Å². The Labute approximate surface area is 172 Å². The van der Waals surface area contributed by atoms with E-state index in [0.29, 0.717) is 0 Å². The molecule has 1 aromatic heterocycles. The average Bonchev–Trinajstić information content (AvgIpc) is 2.75. The summed E-state index contributed by atoms with van der Waals surface area (Å²) in [6.07, 6.45) is 0. The number of aryl methyl sites for hydroxylation is 1. The van der Waals surface area contributed by atoms with E-state index in [-0.39, 0.29) is 0 Å². The van der Waals surface area contributed by atoms with Crippen LogP contribution >= 0.6 is 0 Å². The maximum Gasteiger partial charge on any atom is 0.163 e. The lowest BCUT2D eigenvalue weighted by Gasteiger charge is -2.33. The standard InChI is InChI=1S/C23H27N5O/c1-17-9-10-20(29-3)19(15-17)24-21-16-22(28-13-11-27(2)12-14-28)26-23(25-21)18-7-5-4-6-8-18/h4-10,15-16H,11-14H2,1-3H3,(H,24,25,26). The molecule has 2 aromatic carbocycles. The maximum atomic E-state index is 5.52. The molecule has 0 spiro atoms. The fourth-order valence-electron chi connectivity index (χ4n) is 3.47. The van der Waals surface area contributed by atoms with Crippen molar-refractivity contribution in [3.05, 3.63) is 60.2 Å². The van der Waals surface area contributed by atoms with Gasteiger partial charge in [-0.2, -0.15) is 0 Å². The van der Waals surface area contributed by atoms with Crippen LogP contribution in [0.15, 0.2) is 54.6 Å². The smallest absolute Gasteiger partial charge is 0.163 e. The van der Waals surface area contributed by atoms with Gasteiger partial charge in [-0.05, 0) is 31.7 Å². The number of aromatic nitrogens is 2. The molecule has 0 radical (unpaired) electrons. The zero-order valence-corrected chi connectivity index (χ0v) is 17.2.